The van der Waals surface area contributed by atoms with Crippen LogP contribution in [0.5, 0.6) is 0 Å². The molecule has 2 N–H and O–H groups in total. The minimum absolute atomic E-state index is 0.0484. The second-order valence-corrected chi connectivity index (χ2v) is 13.3. The quantitative estimate of drug-likeness (QED) is 0.127. The van der Waals surface area contributed by atoms with Gasteiger partial charge in [-0.25, -0.2) is 4.79 Å². The fourth-order valence-electron chi connectivity index (χ4n) is 4.84. The molecule has 0 bridgehead atoms. The van der Waals surface area contributed by atoms with Crippen molar-refractivity contribution in [2.45, 2.75) is 155 Å². The van der Waals surface area contributed by atoms with Gasteiger partial charge in [0, 0.05) is 18.7 Å². The highest BCUT2D eigenvalue weighted by Gasteiger charge is 2.24. The highest BCUT2D eigenvalue weighted by atomic mass is 31.1. The second kappa shape index (κ2) is 20.9. The number of hydrogen-bond donors (Lipinski definition) is 2. The first-order valence-electron chi connectivity index (χ1n) is 15.4. The molecule has 38 heavy (non-hydrogen) atoms. The van der Waals surface area contributed by atoms with Gasteiger partial charge in [-0.3, -0.25) is 4.79 Å². The summed E-state index contributed by atoms with van der Waals surface area (Å²) in [6, 6.07) is 0. The van der Waals surface area contributed by atoms with E-state index in [9.17, 15) is 9.59 Å². The summed E-state index contributed by atoms with van der Waals surface area (Å²) in [4.78, 5) is 24.7. The molecule has 4 unspecified atom stereocenters. The number of hydrogen-bond acceptors (Lipinski definition) is 5. The molecule has 224 valence electrons. The molecule has 2 amide bonds. The number of carbonyl (C=O) groups is 2. The van der Waals surface area contributed by atoms with Crippen molar-refractivity contribution < 1.29 is 23.8 Å². The number of unbranched alkanes of at least 4 members (excludes halogenated alkanes) is 2. The largest absolute Gasteiger partial charge is 0.443 e. The molecular weight excluding hydrogens is 499 g/mol. The molecule has 8 heteroatoms. The molecule has 4 atom stereocenters. The van der Waals surface area contributed by atoms with Crippen LogP contribution in [0.4, 0.5) is 4.79 Å². The molecule has 1 aliphatic carbocycles. The minimum Gasteiger partial charge on any atom is -0.443 e. The lowest BCUT2D eigenvalue weighted by Gasteiger charge is -2.26. The van der Waals surface area contributed by atoms with Gasteiger partial charge in [-0.15, -0.1) is 0 Å². The summed E-state index contributed by atoms with van der Waals surface area (Å²) in [6.45, 7) is 12.7. The molecule has 1 aliphatic rings. The highest BCUT2D eigenvalue weighted by Crippen LogP contribution is 2.26. The van der Waals surface area contributed by atoms with E-state index >= 15 is 0 Å². The van der Waals surface area contributed by atoms with Gasteiger partial charge in [0.15, 0.2) is 0 Å². The van der Waals surface area contributed by atoms with Gasteiger partial charge in [-0.05, 0) is 53.4 Å². The molecule has 1 rings (SSSR count). The smallest absolute Gasteiger partial charge is 0.407 e. The molecule has 0 spiro atoms. The van der Waals surface area contributed by atoms with Crippen molar-refractivity contribution >= 4 is 20.6 Å². The maximum Gasteiger partial charge on any atom is 0.407 e. The summed E-state index contributed by atoms with van der Waals surface area (Å²) in [5, 5.41) is 5.89. The van der Waals surface area contributed by atoms with Crippen LogP contribution in [0.2, 0.25) is 0 Å². The van der Waals surface area contributed by atoms with Crippen LogP contribution in [0.15, 0.2) is 0 Å². The summed E-state index contributed by atoms with van der Waals surface area (Å²) in [7, 11) is 0.504. The number of alkyl carbamates (subject to hydrolysis) is 1. The van der Waals surface area contributed by atoms with Gasteiger partial charge < -0.3 is 24.8 Å². The van der Waals surface area contributed by atoms with E-state index in [4.69, 9.17) is 14.2 Å². The van der Waals surface area contributed by atoms with Crippen LogP contribution in [0, 0.1) is 5.92 Å². The minimum atomic E-state index is -0.667. The monoisotopic (exact) mass is 558 g/mol. The Hall–Kier alpha value is -0.910. The zero-order chi connectivity index (χ0) is 28.2. The third kappa shape index (κ3) is 18.4. The molecular formula is C30H59N2O5P. The Morgan fingerprint density at radius 2 is 1.66 bits per heavy atom. The predicted octanol–water partition coefficient (Wildman–Crippen LogP) is 7.51. The normalized spacial score (nSPS) is 17.9. The maximum absolute atomic E-state index is 12.4. The topological polar surface area (TPSA) is 85.9 Å². The fourth-order valence-corrected chi connectivity index (χ4v) is 5.71. The first kappa shape index (κ1) is 35.1. The van der Waals surface area contributed by atoms with E-state index in [0.717, 1.165) is 31.6 Å². The van der Waals surface area contributed by atoms with Crippen molar-refractivity contribution in [1.82, 2.24) is 10.6 Å². The molecule has 0 heterocycles. The van der Waals surface area contributed by atoms with Crippen molar-refractivity contribution in [2.24, 2.45) is 5.92 Å². The van der Waals surface area contributed by atoms with Crippen molar-refractivity contribution in [3.8, 4) is 0 Å². The van der Waals surface area contributed by atoms with Gasteiger partial charge in [0.1, 0.15) is 11.7 Å². The Morgan fingerprint density at radius 1 is 0.974 bits per heavy atom. The average Bonchev–Trinajstić information content (AvgIpc) is 2.81. The van der Waals surface area contributed by atoms with Crippen molar-refractivity contribution in [1.29, 1.82) is 0 Å². The summed E-state index contributed by atoms with van der Waals surface area (Å²) >= 11 is 0. The van der Waals surface area contributed by atoms with Crippen molar-refractivity contribution in [2.75, 3.05) is 19.5 Å². The Morgan fingerprint density at radius 3 is 2.34 bits per heavy atom. The summed E-state index contributed by atoms with van der Waals surface area (Å²) in [5.41, 5.74) is -0.667. The van der Waals surface area contributed by atoms with E-state index < -0.39 is 11.7 Å². The van der Waals surface area contributed by atoms with Crippen LogP contribution in [0.3, 0.4) is 0 Å². The fraction of sp³-hybridized carbons (Fsp3) is 0.933. The highest BCUT2D eigenvalue weighted by molar-refractivity contribution is 7.38. The second-order valence-electron chi connectivity index (χ2n) is 11.7. The molecule has 0 aromatic rings. The molecule has 0 aromatic carbocycles. The number of rotatable bonds is 19. The number of amides is 2. The summed E-state index contributed by atoms with van der Waals surface area (Å²) < 4.78 is 17.1. The molecule has 7 nitrogen and oxygen atoms in total. The standard InChI is InChI=1S/C30H59N2O5P/c1-7-16-24(2)36-23-38-26(4)32-28(33)25(3)35-22-20-30(5,6)37-29(34)31-21-15-11-14-19-27-17-12-9-8-10-13-18-27/h24-27,38H,7-23H2,1-6H3,(H,31,34)(H,32,33). The molecule has 0 aliphatic heterocycles. The lowest BCUT2D eigenvalue weighted by atomic mass is 9.87. The Bertz CT molecular complexity index is 626. The van der Waals surface area contributed by atoms with Crippen LogP contribution >= 0.6 is 8.58 Å². The first-order valence-corrected chi connectivity index (χ1v) is 16.6. The molecule has 0 aromatic heterocycles. The number of carbonyl (C=O) groups excluding carboxylic acids is 2. The molecule has 0 radical (unpaired) electrons. The van der Waals surface area contributed by atoms with E-state index in [-0.39, 0.29) is 23.9 Å². The molecule has 1 saturated carbocycles. The zero-order valence-corrected chi connectivity index (χ0v) is 26.4. The van der Waals surface area contributed by atoms with Crippen LogP contribution in [0.1, 0.15) is 131 Å². The summed E-state index contributed by atoms with van der Waals surface area (Å²) in [6.07, 6.45) is 17.2. The van der Waals surface area contributed by atoms with Crippen LogP contribution in [-0.4, -0.2) is 55.1 Å². The predicted molar refractivity (Wildman–Crippen MR) is 159 cm³/mol. The summed E-state index contributed by atoms with van der Waals surface area (Å²) in [5.74, 6) is 0.831. The van der Waals surface area contributed by atoms with Gasteiger partial charge in [-0.1, -0.05) is 86.1 Å². The van der Waals surface area contributed by atoms with Gasteiger partial charge in [-0.2, -0.15) is 0 Å². The van der Waals surface area contributed by atoms with E-state index in [1.165, 1.54) is 57.8 Å². The van der Waals surface area contributed by atoms with Crippen LogP contribution in [0.25, 0.3) is 0 Å². The van der Waals surface area contributed by atoms with Crippen LogP contribution in [-0.2, 0) is 19.0 Å². The third-order valence-electron chi connectivity index (χ3n) is 7.40. The molecule has 0 saturated heterocycles. The number of nitrogens with one attached hydrogen (secondary N) is 2. The molecule has 1 fully saturated rings. The SMILES string of the molecule is CCCC(C)OCPC(C)NC(=O)C(C)OCCC(C)(C)OC(=O)NCCCCCC1CCCCCCC1. The Kier molecular flexibility index (Phi) is 19.3. The van der Waals surface area contributed by atoms with E-state index in [1.807, 2.05) is 20.8 Å². The van der Waals surface area contributed by atoms with E-state index in [2.05, 4.69) is 24.5 Å². The van der Waals surface area contributed by atoms with Gasteiger partial charge in [0.25, 0.3) is 0 Å². The average molecular weight is 559 g/mol. The Balaban J connectivity index is 2.12. The van der Waals surface area contributed by atoms with E-state index in [0.29, 0.717) is 34.5 Å². The zero-order valence-electron chi connectivity index (χ0n) is 25.4. The van der Waals surface area contributed by atoms with Crippen molar-refractivity contribution in [3.63, 3.8) is 0 Å². The lowest BCUT2D eigenvalue weighted by Crippen LogP contribution is -2.40. The van der Waals surface area contributed by atoms with E-state index in [1.54, 1.807) is 6.92 Å². The first-order chi connectivity index (χ1) is 18.1. The maximum atomic E-state index is 12.4. The van der Waals surface area contributed by atoms with Gasteiger partial charge >= 0.3 is 6.09 Å². The number of ether oxygens (including phenoxy) is 3. The third-order valence-corrected chi connectivity index (χ3v) is 8.49. The van der Waals surface area contributed by atoms with Gasteiger partial charge in [0.2, 0.25) is 5.91 Å². The van der Waals surface area contributed by atoms with Crippen molar-refractivity contribution in [3.05, 3.63) is 0 Å². The lowest BCUT2D eigenvalue weighted by molar-refractivity contribution is -0.132. The Labute approximate surface area is 235 Å². The van der Waals surface area contributed by atoms with Gasteiger partial charge in [0.05, 0.1) is 19.1 Å². The van der Waals surface area contributed by atoms with Crippen LogP contribution < -0.4 is 10.6 Å².